The van der Waals surface area contributed by atoms with E-state index in [4.69, 9.17) is 0 Å². The molecular weight excluding hydrogens is 470 g/mol. The lowest BCUT2D eigenvalue weighted by molar-refractivity contribution is 0.0665. The number of H-pyrrole nitrogens is 1. The fourth-order valence-corrected chi connectivity index (χ4v) is 5.55. The van der Waals surface area contributed by atoms with Crippen LogP contribution in [-0.2, 0) is 0 Å². The number of hydrogen-bond acceptors (Lipinski definition) is 4. The second kappa shape index (κ2) is 11.0. The first kappa shape index (κ1) is 25.9. The van der Waals surface area contributed by atoms with Crippen molar-refractivity contribution < 1.29 is 5.11 Å². The molecule has 3 aromatic rings. The van der Waals surface area contributed by atoms with Crippen LogP contribution >= 0.6 is 0 Å². The second-order valence-electron chi connectivity index (χ2n) is 10.6. The molecule has 0 spiro atoms. The lowest BCUT2D eigenvalue weighted by Gasteiger charge is -2.39. The Morgan fingerprint density at radius 3 is 2.63 bits per heavy atom. The summed E-state index contributed by atoms with van der Waals surface area (Å²) in [5.41, 5.74) is 11.0. The minimum Gasteiger partial charge on any atom is -0.383 e. The molecule has 0 bridgehead atoms. The molecule has 2 N–H and O–H groups in total. The molecule has 0 fully saturated rings. The molecule has 0 radical (unpaired) electrons. The zero-order valence-corrected chi connectivity index (χ0v) is 22.4. The van der Waals surface area contributed by atoms with Gasteiger partial charge in [0.25, 0.3) is 5.56 Å². The SMILES string of the molecule is CN(C)CCC(O)(C1=C=C=Cc2ccccc21)C(c1ccccc1)c1cc(C2=CCN(C)CC2)c[nH]c1=O. The number of rotatable bonds is 8. The first-order chi connectivity index (χ1) is 18.4. The first-order valence-electron chi connectivity index (χ1n) is 13.2. The van der Waals surface area contributed by atoms with Crippen molar-refractivity contribution in [2.75, 3.05) is 40.8 Å². The summed E-state index contributed by atoms with van der Waals surface area (Å²) in [5, 5.41) is 12.9. The van der Waals surface area contributed by atoms with Gasteiger partial charge in [-0.05, 0) is 74.0 Å². The number of pyridine rings is 1. The molecule has 2 aromatic carbocycles. The van der Waals surface area contributed by atoms with E-state index in [9.17, 15) is 9.90 Å². The van der Waals surface area contributed by atoms with Crippen molar-refractivity contribution in [3.05, 3.63) is 123 Å². The van der Waals surface area contributed by atoms with Crippen molar-refractivity contribution in [1.29, 1.82) is 0 Å². The molecule has 38 heavy (non-hydrogen) atoms. The van der Waals surface area contributed by atoms with Crippen molar-refractivity contribution in [1.82, 2.24) is 14.8 Å². The zero-order chi connectivity index (χ0) is 26.7. The molecule has 5 nitrogen and oxygen atoms in total. The van der Waals surface area contributed by atoms with Crippen LogP contribution in [0.1, 0.15) is 46.6 Å². The monoisotopic (exact) mass is 505 g/mol. The topological polar surface area (TPSA) is 59.6 Å². The van der Waals surface area contributed by atoms with Gasteiger partial charge in [-0.15, -0.1) is 0 Å². The Kier molecular flexibility index (Phi) is 7.49. The fraction of sp³-hybridized carbons (Fsp3) is 0.303. The van der Waals surface area contributed by atoms with E-state index in [1.165, 1.54) is 5.57 Å². The van der Waals surface area contributed by atoms with Crippen LogP contribution in [0.15, 0.2) is 89.2 Å². The van der Waals surface area contributed by atoms with E-state index in [0.29, 0.717) is 24.1 Å². The van der Waals surface area contributed by atoms with Crippen molar-refractivity contribution >= 4 is 17.2 Å². The molecule has 0 saturated heterocycles. The zero-order valence-electron chi connectivity index (χ0n) is 22.4. The molecule has 2 atom stereocenters. The fourth-order valence-electron chi connectivity index (χ4n) is 5.55. The van der Waals surface area contributed by atoms with Gasteiger partial charge in [0.2, 0.25) is 0 Å². The lowest BCUT2D eigenvalue weighted by atomic mass is 9.69. The molecular formula is C33H35N3O2. The highest BCUT2D eigenvalue weighted by atomic mass is 16.3. The van der Waals surface area contributed by atoms with E-state index in [-0.39, 0.29) is 5.56 Å². The molecule has 1 aliphatic heterocycles. The van der Waals surface area contributed by atoms with Gasteiger partial charge in [-0.25, -0.2) is 0 Å². The normalized spacial score (nSPS) is 17.5. The Morgan fingerprint density at radius 1 is 1.13 bits per heavy atom. The van der Waals surface area contributed by atoms with Crippen LogP contribution in [0.3, 0.4) is 0 Å². The van der Waals surface area contributed by atoms with Crippen LogP contribution < -0.4 is 5.56 Å². The number of likely N-dealkylation sites (N-methyl/N-ethyl adjacent to an activating group) is 1. The summed E-state index contributed by atoms with van der Waals surface area (Å²) >= 11 is 0. The van der Waals surface area contributed by atoms with E-state index in [2.05, 4.69) is 39.4 Å². The van der Waals surface area contributed by atoms with Gasteiger partial charge in [-0.1, -0.05) is 72.1 Å². The van der Waals surface area contributed by atoms with E-state index in [1.54, 1.807) is 0 Å². The third-order valence-electron chi connectivity index (χ3n) is 7.66. The molecule has 1 aromatic heterocycles. The van der Waals surface area contributed by atoms with Gasteiger partial charge in [0.05, 0.1) is 0 Å². The molecule has 5 heteroatoms. The summed E-state index contributed by atoms with van der Waals surface area (Å²) in [6, 6.07) is 19.9. The summed E-state index contributed by atoms with van der Waals surface area (Å²) in [6.45, 7) is 2.47. The predicted molar refractivity (Wildman–Crippen MR) is 155 cm³/mol. The number of nitrogens with zero attached hydrogens (tertiary/aromatic N) is 2. The second-order valence-corrected chi connectivity index (χ2v) is 10.6. The summed E-state index contributed by atoms with van der Waals surface area (Å²) in [5.74, 6) is -0.616. The number of aromatic nitrogens is 1. The van der Waals surface area contributed by atoms with Crippen molar-refractivity contribution in [2.45, 2.75) is 24.4 Å². The number of aromatic amines is 1. The Bertz CT molecular complexity index is 1500. The summed E-state index contributed by atoms with van der Waals surface area (Å²) in [7, 11) is 6.10. The van der Waals surface area contributed by atoms with Gasteiger partial charge in [0.1, 0.15) is 5.60 Å². The molecule has 0 amide bonds. The number of hydrogen-bond donors (Lipinski definition) is 2. The first-order valence-corrected chi connectivity index (χ1v) is 13.2. The van der Waals surface area contributed by atoms with Crippen molar-refractivity contribution in [3.63, 3.8) is 0 Å². The van der Waals surface area contributed by atoms with Crippen molar-refractivity contribution in [3.8, 4) is 0 Å². The van der Waals surface area contributed by atoms with Crippen molar-refractivity contribution in [2.24, 2.45) is 0 Å². The highest BCUT2D eigenvalue weighted by Gasteiger charge is 2.44. The molecule has 2 aliphatic rings. The van der Waals surface area contributed by atoms with E-state index in [1.807, 2.05) is 87.0 Å². The Labute approximate surface area is 224 Å². The van der Waals surface area contributed by atoms with E-state index < -0.39 is 11.5 Å². The minimum absolute atomic E-state index is 0.191. The molecule has 0 saturated carbocycles. The molecule has 1 aliphatic carbocycles. The number of aliphatic hydroxyl groups is 1. The Balaban J connectivity index is 1.74. The maximum Gasteiger partial charge on any atom is 0.251 e. The summed E-state index contributed by atoms with van der Waals surface area (Å²) < 4.78 is 0. The lowest BCUT2D eigenvalue weighted by Crippen LogP contribution is -2.43. The Morgan fingerprint density at radius 2 is 1.89 bits per heavy atom. The maximum absolute atomic E-state index is 13.6. The molecule has 2 unspecified atom stereocenters. The Hall–Kier alpha value is -3.69. The standard InChI is InChI=1S/C33H35N3O2/c1-35(2)21-18-33(38,30-15-9-13-25-10-7-8-14-28(25)30)31(26-11-5-4-6-12-26)29-22-27(23-34-32(29)37)24-16-19-36(3)20-17-24/h4-8,10-14,16,22-23,31,38H,17-21H2,1-3H3,(H,34,37). The van der Waals surface area contributed by atoms with Gasteiger partial charge in [-0.3, -0.25) is 4.79 Å². The average Bonchev–Trinajstić information content (AvgIpc) is 2.94. The minimum atomic E-state index is -1.42. The largest absolute Gasteiger partial charge is 0.383 e. The highest BCUT2D eigenvalue weighted by Crippen LogP contribution is 2.46. The van der Waals surface area contributed by atoms with Crippen LogP contribution in [0.25, 0.3) is 17.2 Å². The van der Waals surface area contributed by atoms with Crippen LogP contribution in [-0.4, -0.2) is 66.3 Å². The van der Waals surface area contributed by atoms with Crippen LogP contribution in [0, 0.1) is 0 Å². The molecule has 2 heterocycles. The van der Waals surface area contributed by atoms with Gasteiger partial charge < -0.3 is 19.9 Å². The van der Waals surface area contributed by atoms with Gasteiger partial charge in [0, 0.05) is 42.9 Å². The van der Waals surface area contributed by atoms with Crippen LogP contribution in [0.4, 0.5) is 0 Å². The number of nitrogens with one attached hydrogen (secondary N) is 1. The quantitative estimate of drug-likeness (QED) is 0.433. The van der Waals surface area contributed by atoms with Crippen LogP contribution in [0.2, 0.25) is 0 Å². The number of benzene rings is 2. The maximum atomic E-state index is 13.6. The van der Waals surface area contributed by atoms with Crippen LogP contribution in [0.5, 0.6) is 0 Å². The predicted octanol–water partition coefficient (Wildman–Crippen LogP) is 4.77. The van der Waals surface area contributed by atoms with E-state index >= 15 is 0 Å². The summed E-state index contributed by atoms with van der Waals surface area (Å²) in [6.07, 6.45) is 7.25. The smallest absolute Gasteiger partial charge is 0.251 e. The van der Waals surface area contributed by atoms with Gasteiger partial charge in [-0.2, -0.15) is 0 Å². The van der Waals surface area contributed by atoms with Gasteiger partial charge in [0.15, 0.2) is 0 Å². The molecule has 194 valence electrons. The average molecular weight is 506 g/mol. The number of fused-ring (bicyclic) bond motifs is 1. The third-order valence-corrected chi connectivity index (χ3v) is 7.66. The van der Waals surface area contributed by atoms with E-state index in [0.717, 1.165) is 41.8 Å². The summed E-state index contributed by atoms with van der Waals surface area (Å²) in [4.78, 5) is 20.9. The highest BCUT2D eigenvalue weighted by molar-refractivity contribution is 5.82. The molecule has 5 rings (SSSR count). The van der Waals surface area contributed by atoms with Gasteiger partial charge >= 0.3 is 0 Å². The third kappa shape index (κ3) is 5.16.